The van der Waals surface area contributed by atoms with Gasteiger partial charge in [0.15, 0.2) is 0 Å². The van der Waals surface area contributed by atoms with Crippen molar-refractivity contribution in [1.29, 1.82) is 0 Å². The number of piperidine rings is 1. The van der Waals surface area contributed by atoms with E-state index in [1.54, 1.807) is 6.07 Å². The molecule has 1 atom stereocenters. The molecule has 26 heavy (non-hydrogen) atoms. The highest BCUT2D eigenvalue weighted by Crippen LogP contribution is 2.18. The fourth-order valence-electron chi connectivity index (χ4n) is 3.12. The molecule has 0 spiro atoms. The average Bonchev–Trinajstić information content (AvgIpc) is 2.68. The highest BCUT2D eigenvalue weighted by molar-refractivity contribution is 5.95. The molecule has 0 radical (unpaired) electrons. The number of aryl methyl sites for hydroxylation is 1. The highest BCUT2D eigenvalue weighted by Gasteiger charge is 2.20. The first-order valence-electron chi connectivity index (χ1n) is 9.16. The minimum atomic E-state index is -0.0335. The number of benzene rings is 2. The summed E-state index contributed by atoms with van der Waals surface area (Å²) in [5.41, 5.74) is 2.55. The normalized spacial score (nSPS) is 16.7. The predicted octanol–water partition coefficient (Wildman–Crippen LogP) is 3.20. The maximum absolute atomic E-state index is 12.3. The van der Waals surface area contributed by atoms with Gasteiger partial charge in [0.25, 0.3) is 0 Å². The zero-order chi connectivity index (χ0) is 18.2. The number of hydrogen-bond acceptors (Lipinski definition) is 3. The smallest absolute Gasteiger partial charge is 0.228 e. The molecular formula is C21H25N3O2. The second-order valence-electron chi connectivity index (χ2n) is 6.65. The molecule has 5 nitrogen and oxygen atoms in total. The lowest BCUT2D eigenvalue weighted by Crippen LogP contribution is -2.37. The van der Waals surface area contributed by atoms with Gasteiger partial charge in [0.1, 0.15) is 0 Å². The van der Waals surface area contributed by atoms with Crippen LogP contribution in [0.25, 0.3) is 0 Å². The van der Waals surface area contributed by atoms with Crippen molar-refractivity contribution in [2.45, 2.75) is 25.7 Å². The van der Waals surface area contributed by atoms with Gasteiger partial charge in [0, 0.05) is 24.3 Å². The van der Waals surface area contributed by atoms with Gasteiger partial charge in [-0.3, -0.25) is 9.59 Å². The molecule has 1 aliphatic rings. The SMILES string of the molecule is O=C(CCc1ccccc1)Nc1cccc(NC(=O)C2CCCNC2)c1. The molecule has 136 valence electrons. The van der Waals surface area contributed by atoms with Crippen molar-refractivity contribution >= 4 is 23.2 Å². The number of anilines is 2. The lowest BCUT2D eigenvalue weighted by atomic mass is 9.99. The summed E-state index contributed by atoms with van der Waals surface area (Å²) >= 11 is 0. The van der Waals surface area contributed by atoms with E-state index in [-0.39, 0.29) is 17.7 Å². The van der Waals surface area contributed by atoms with Crippen LogP contribution in [0.1, 0.15) is 24.8 Å². The topological polar surface area (TPSA) is 70.2 Å². The Morgan fingerprint density at radius 2 is 1.77 bits per heavy atom. The first kappa shape index (κ1) is 18.1. The molecule has 1 saturated heterocycles. The fraction of sp³-hybridized carbons (Fsp3) is 0.333. The van der Waals surface area contributed by atoms with E-state index in [1.165, 1.54) is 0 Å². The van der Waals surface area contributed by atoms with Crippen molar-refractivity contribution in [3.05, 3.63) is 60.2 Å². The van der Waals surface area contributed by atoms with Gasteiger partial charge >= 0.3 is 0 Å². The molecule has 2 aromatic rings. The summed E-state index contributed by atoms with van der Waals surface area (Å²) in [7, 11) is 0. The van der Waals surface area contributed by atoms with Gasteiger partial charge in [-0.25, -0.2) is 0 Å². The monoisotopic (exact) mass is 351 g/mol. The first-order valence-corrected chi connectivity index (χ1v) is 9.16. The highest BCUT2D eigenvalue weighted by atomic mass is 16.2. The van der Waals surface area contributed by atoms with E-state index in [2.05, 4.69) is 16.0 Å². The number of hydrogen-bond donors (Lipinski definition) is 3. The van der Waals surface area contributed by atoms with Crippen LogP contribution < -0.4 is 16.0 Å². The molecule has 0 bridgehead atoms. The summed E-state index contributed by atoms with van der Waals surface area (Å²) in [6.07, 6.45) is 3.07. The quantitative estimate of drug-likeness (QED) is 0.748. The number of amides is 2. The van der Waals surface area contributed by atoms with Gasteiger partial charge < -0.3 is 16.0 Å². The number of carbonyl (C=O) groups is 2. The summed E-state index contributed by atoms with van der Waals surface area (Å²) < 4.78 is 0. The molecule has 1 unspecified atom stereocenters. The van der Waals surface area contributed by atoms with Crippen LogP contribution in [0.15, 0.2) is 54.6 Å². The van der Waals surface area contributed by atoms with Crippen LogP contribution in [-0.4, -0.2) is 24.9 Å². The molecule has 1 aliphatic heterocycles. The number of carbonyl (C=O) groups excluding carboxylic acids is 2. The molecule has 3 N–H and O–H groups in total. The van der Waals surface area contributed by atoms with Crippen molar-refractivity contribution < 1.29 is 9.59 Å². The molecule has 1 fully saturated rings. The molecule has 3 rings (SSSR count). The Balaban J connectivity index is 1.51. The van der Waals surface area contributed by atoms with Crippen molar-refractivity contribution in [1.82, 2.24) is 5.32 Å². The van der Waals surface area contributed by atoms with Crippen molar-refractivity contribution in [2.24, 2.45) is 5.92 Å². The Hall–Kier alpha value is -2.66. The maximum Gasteiger partial charge on any atom is 0.228 e. The van der Waals surface area contributed by atoms with Crippen molar-refractivity contribution in [3.8, 4) is 0 Å². The van der Waals surface area contributed by atoms with Gasteiger partial charge in [-0.2, -0.15) is 0 Å². The molecule has 1 heterocycles. The molecule has 0 aromatic heterocycles. The average molecular weight is 351 g/mol. The summed E-state index contributed by atoms with van der Waals surface area (Å²) in [6, 6.07) is 17.3. The van der Waals surface area contributed by atoms with Gasteiger partial charge in [-0.1, -0.05) is 36.4 Å². The van der Waals surface area contributed by atoms with E-state index in [1.807, 2.05) is 48.5 Å². The zero-order valence-corrected chi connectivity index (χ0v) is 14.8. The lowest BCUT2D eigenvalue weighted by Gasteiger charge is -2.22. The van der Waals surface area contributed by atoms with Crippen LogP contribution in [0, 0.1) is 5.92 Å². The second-order valence-corrected chi connectivity index (χ2v) is 6.65. The van der Waals surface area contributed by atoms with Crippen LogP contribution >= 0.6 is 0 Å². The van der Waals surface area contributed by atoms with E-state index in [0.717, 1.165) is 31.5 Å². The van der Waals surface area contributed by atoms with E-state index in [0.29, 0.717) is 24.2 Å². The number of rotatable bonds is 6. The summed E-state index contributed by atoms with van der Waals surface area (Å²) in [5.74, 6) is 0.00596. The van der Waals surface area contributed by atoms with Gasteiger partial charge in [-0.05, 0) is 49.6 Å². The largest absolute Gasteiger partial charge is 0.326 e. The standard InChI is InChI=1S/C21H25N3O2/c25-20(12-11-16-6-2-1-3-7-16)23-18-9-4-10-19(14-18)24-21(26)17-8-5-13-22-15-17/h1-4,6-7,9-10,14,17,22H,5,8,11-13,15H2,(H,23,25)(H,24,26). The molecule has 0 saturated carbocycles. The maximum atomic E-state index is 12.3. The van der Waals surface area contributed by atoms with Crippen LogP contribution in [0.3, 0.4) is 0 Å². The molecule has 5 heteroatoms. The van der Waals surface area contributed by atoms with E-state index >= 15 is 0 Å². The van der Waals surface area contributed by atoms with Crippen molar-refractivity contribution in [2.75, 3.05) is 23.7 Å². The Morgan fingerprint density at radius 3 is 2.50 bits per heavy atom. The minimum absolute atomic E-state index is 0.00729. The summed E-state index contributed by atoms with van der Waals surface area (Å²) in [6.45, 7) is 1.70. The number of nitrogens with one attached hydrogen (secondary N) is 3. The predicted molar refractivity (Wildman–Crippen MR) is 104 cm³/mol. The molecule has 2 aromatic carbocycles. The molecule has 0 aliphatic carbocycles. The van der Waals surface area contributed by atoms with Crippen LogP contribution in [0.4, 0.5) is 11.4 Å². The molecule has 2 amide bonds. The Morgan fingerprint density at radius 1 is 1.00 bits per heavy atom. The van der Waals surface area contributed by atoms with Crippen LogP contribution in [-0.2, 0) is 16.0 Å². The van der Waals surface area contributed by atoms with Gasteiger partial charge in [0.05, 0.1) is 5.92 Å². The Labute approximate surface area is 154 Å². The van der Waals surface area contributed by atoms with Crippen LogP contribution in [0.2, 0.25) is 0 Å². The van der Waals surface area contributed by atoms with Gasteiger partial charge in [-0.15, -0.1) is 0 Å². The lowest BCUT2D eigenvalue weighted by molar-refractivity contribution is -0.120. The zero-order valence-electron chi connectivity index (χ0n) is 14.8. The van der Waals surface area contributed by atoms with E-state index < -0.39 is 0 Å². The summed E-state index contributed by atoms with van der Waals surface area (Å²) in [4.78, 5) is 24.5. The third kappa shape index (κ3) is 5.43. The minimum Gasteiger partial charge on any atom is -0.326 e. The fourth-order valence-corrected chi connectivity index (χ4v) is 3.12. The van der Waals surface area contributed by atoms with E-state index in [9.17, 15) is 9.59 Å². The second kappa shape index (κ2) is 9.15. The van der Waals surface area contributed by atoms with Crippen molar-refractivity contribution in [3.63, 3.8) is 0 Å². The van der Waals surface area contributed by atoms with E-state index in [4.69, 9.17) is 0 Å². The summed E-state index contributed by atoms with van der Waals surface area (Å²) in [5, 5.41) is 9.10. The Kier molecular flexibility index (Phi) is 6.39. The Bertz CT molecular complexity index is 740. The van der Waals surface area contributed by atoms with Gasteiger partial charge in [0.2, 0.25) is 11.8 Å². The molecular weight excluding hydrogens is 326 g/mol. The third-order valence-electron chi connectivity index (χ3n) is 4.57. The first-order chi connectivity index (χ1) is 12.7. The third-order valence-corrected chi connectivity index (χ3v) is 4.57. The van der Waals surface area contributed by atoms with Crippen LogP contribution in [0.5, 0.6) is 0 Å².